The van der Waals surface area contributed by atoms with Gasteiger partial charge in [0.1, 0.15) is 5.75 Å². The number of nitrogens with zero attached hydrogens (tertiary/aromatic N) is 1. The van der Waals surface area contributed by atoms with Crippen LogP contribution >= 0.6 is 31.9 Å². The summed E-state index contributed by atoms with van der Waals surface area (Å²) in [6.07, 6.45) is 2.87. The van der Waals surface area contributed by atoms with E-state index in [1.807, 2.05) is 24.0 Å². The monoisotopic (exact) mass is 635 g/mol. The summed E-state index contributed by atoms with van der Waals surface area (Å²) in [7, 11) is 0. The van der Waals surface area contributed by atoms with Gasteiger partial charge in [0.05, 0.1) is 22.0 Å². The molecule has 1 heterocycles. The lowest BCUT2D eigenvalue weighted by molar-refractivity contribution is -0.137. The van der Waals surface area contributed by atoms with Crippen LogP contribution in [0.15, 0.2) is 43.6 Å². The third-order valence-electron chi connectivity index (χ3n) is 7.38. The van der Waals surface area contributed by atoms with Crippen LogP contribution in [-0.4, -0.2) is 40.7 Å². The van der Waals surface area contributed by atoms with E-state index in [4.69, 9.17) is 4.74 Å². The molecule has 8 heteroatoms. The van der Waals surface area contributed by atoms with Crippen molar-refractivity contribution in [1.29, 1.82) is 0 Å². The molecule has 4 rings (SSSR count). The Morgan fingerprint density at radius 2 is 1.46 bits per heavy atom. The van der Waals surface area contributed by atoms with E-state index in [1.165, 1.54) is 0 Å². The number of ether oxygens (including phenoxy) is 1. The van der Waals surface area contributed by atoms with Gasteiger partial charge in [-0.05, 0) is 79.6 Å². The Kier molecular flexibility index (Phi) is 7.84. The molecule has 1 N–H and O–H groups in total. The second-order valence-corrected chi connectivity index (χ2v) is 13.7. The van der Waals surface area contributed by atoms with Gasteiger partial charge < -0.3 is 14.7 Å². The van der Waals surface area contributed by atoms with Gasteiger partial charge in [-0.3, -0.25) is 14.4 Å². The molecule has 1 aromatic rings. The van der Waals surface area contributed by atoms with Gasteiger partial charge in [-0.2, -0.15) is 0 Å². The SMILES string of the molecule is CCCOc1c(Br)cc(C2C3=C(CC(C)(C)CC3=O)N(CCC(=O)O)C3=C2C(=O)CC(C)(C)C3)cc1Br. The topological polar surface area (TPSA) is 83.9 Å². The number of benzene rings is 1. The van der Waals surface area contributed by atoms with Gasteiger partial charge in [0.25, 0.3) is 0 Å². The van der Waals surface area contributed by atoms with Crippen molar-refractivity contribution in [3.8, 4) is 5.75 Å². The molecule has 200 valence electrons. The van der Waals surface area contributed by atoms with Crippen molar-refractivity contribution in [2.24, 2.45) is 10.8 Å². The molecular formula is C29H35Br2NO5. The van der Waals surface area contributed by atoms with E-state index in [9.17, 15) is 19.5 Å². The third kappa shape index (κ3) is 5.60. The van der Waals surface area contributed by atoms with Crippen LogP contribution in [0.3, 0.4) is 0 Å². The molecule has 2 aliphatic carbocycles. The normalized spacial score (nSPS) is 21.2. The van der Waals surface area contributed by atoms with Crippen LogP contribution in [0.1, 0.15) is 84.6 Å². The quantitative estimate of drug-likeness (QED) is 0.342. The largest absolute Gasteiger partial charge is 0.491 e. The predicted octanol–water partition coefficient (Wildman–Crippen LogP) is 7.16. The number of Topliss-reactive ketones (excluding diaryl/α,β-unsaturated/α-hetero) is 2. The molecule has 37 heavy (non-hydrogen) atoms. The fraction of sp³-hybridized carbons (Fsp3) is 0.552. The van der Waals surface area contributed by atoms with E-state index in [1.54, 1.807) is 0 Å². The molecule has 3 aliphatic rings. The molecule has 0 bridgehead atoms. The van der Waals surface area contributed by atoms with Crippen molar-refractivity contribution < 1.29 is 24.2 Å². The van der Waals surface area contributed by atoms with Gasteiger partial charge in [0, 0.05) is 47.8 Å². The summed E-state index contributed by atoms with van der Waals surface area (Å²) in [6, 6.07) is 3.92. The summed E-state index contributed by atoms with van der Waals surface area (Å²) >= 11 is 7.31. The zero-order valence-corrected chi connectivity index (χ0v) is 25.3. The van der Waals surface area contributed by atoms with Crippen LogP contribution < -0.4 is 4.74 Å². The maximum Gasteiger partial charge on any atom is 0.305 e. The average molecular weight is 637 g/mol. The van der Waals surface area contributed by atoms with Crippen molar-refractivity contribution >= 4 is 49.4 Å². The van der Waals surface area contributed by atoms with E-state index < -0.39 is 11.9 Å². The maximum atomic E-state index is 13.8. The highest BCUT2D eigenvalue weighted by molar-refractivity contribution is 9.11. The number of carboxylic acids is 1. The van der Waals surface area contributed by atoms with Crippen LogP contribution in [0.4, 0.5) is 0 Å². The molecule has 0 unspecified atom stereocenters. The molecule has 0 aromatic heterocycles. The Labute approximate surface area is 235 Å². The van der Waals surface area contributed by atoms with Crippen molar-refractivity contribution in [2.45, 2.75) is 79.1 Å². The Balaban J connectivity index is 1.96. The van der Waals surface area contributed by atoms with Crippen LogP contribution in [0.2, 0.25) is 0 Å². The van der Waals surface area contributed by atoms with Gasteiger partial charge in [-0.15, -0.1) is 0 Å². The van der Waals surface area contributed by atoms with Gasteiger partial charge in [0.15, 0.2) is 11.6 Å². The fourth-order valence-electron chi connectivity index (χ4n) is 5.95. The smallest absolute Gasteiger partial charge is 0.305 e. The highest BCUT2D eigenvalue weighted by atomic mass is 79.9. The number of carbonyl (C=O) groups excluding carboxylic acids is 2. The number of carboxylic acid groups (broad SMARTS) is 1. The number of halogens is 2. The van der Waals surface area contributed by atoms with Gasteiger partial charge in [-0.1, -0.05) is 34.6 Å². The van der Waals surface area contributed by atoms with E-state index in [0.29, 0.717) is 49.2 Å². The van der Waals surface area contributed by atoms with Crippen molar-refractivity contribution in [3.63, 3.8) is 0 Å². The number of aliphatic carboxylic acids is 1. The summed E-state index contributed by atoms with van der Waals surface area (Å²) in [5, 5.41) is 9.51. The summed E-state index contributed by atoms with van der Waals surface area (Å²) in [5.41, 5.74) is 3.35. The number of ketones is 2. The van der Waals surface area contributed by atoms with Gasteiger partial charge >= 0.3 is 5.97 Å². The Morgan fingerprint density at radius 3 is 1.89 bits per heavy atom. The maximum absolute atomic E-state index is 13.8. The lowest BCUT2D eigenvalue weighted by atomic mass is 9.63. The predicted molar refractivity (Wildman–Crippen MR) is 149 cm³/mol. The summed E-state index contributed by atoms with van der Waals surface area (Å²) in [6.45, 7) is 11.2. The van der Waals surface area contributed by atoms with Crippen molar-refractivity contribution in [3.05, 3.63) is 49.2 Å². The number of rotatable bonds is 7. The van der Waals surface area contributed by atoms with E-state index in [2.05, 4.69) is 59.6 Å². The van der Waals surface area contributed by atoms with Crippen LogP contribution in [0.25, 0.3) is 0 Å². The van der Waals surface area contributed by atoms with E-state index in [0.717, 1.165) is 32.3 Å². The minimum atomic E-state index is -0.898. The van der Waals surface area contributed by atoms with E-state index >= 15 is 0 Å². The first-order valence-corrected chi connectivity index (χ1v) is 14.5. The highest BCUT2D eigenvalue weighted by Gasteiger charge is 2.49. The second kappa shape index (κ2) is 10.3. The standard InChI is InChI=1S/C29H35Br2NO5/c1-6-9-37-27-17(30)10-16(11-18(27)31)24-25-19(12-28(2,3)14-21(25)33)32(8-7-23(35)36)20-13-29(4,5)15-22(34)26(20)24/h10-11,24H,6-9,12-15H2,1-5H3,(H,35,36). The van der Waals surface area contributed by atoms with Gasteiger partial charge in [-0.25, -0.2) is 0 Å². The van der Waals surface area contributed by atoms with Crippen LogP contribution in [0, 0.1) is 10.8 Å². The van der Waals surface area contributed by atoms with Crippen LogP contribution in [0.5, 0.6) is 5.75 Å². The Bertz CT molecular complexity index is 1150. The summed E-state index contributed by atoms with van der Waals surface area (Å²) in [4.78, 5) is 41.2. The first-order valence-electron chi connectivity index (χ1n) is 12.9. The zero-order valence-electron chi connectivity index (χ0n) is 22.2. The molecule has 0 fully saturated rings. The number of hydrogen-bond donors (Lipinski definition) is 1. The second-order valence-electron chi connectivity index (χ2n) is 12.0. The van der Waals surface area contributed by atoms with E-state index in [-0.39, 0.29) is 35.4 Å². The zero-order chi connectivity index (χ0) is 27.3. The minimum absolute atomic E-state index is 0.0271. The lowest BCUT2D eigenvalue weighted by Gasteiger charge is -2.49. The molecule has 0 saturated carbocycles. The molecule has 0 saturated heterocycles. The molecule has 6 nitrogen and oxygen atoms in total. The summed E-state index contributed by atoms with van der Waals surface area (Å²) < 4.78 is 7.44. The Hall–Kier alpha value is -1.93. The highest BCUT2D eigenvalue weighted by Crippen LogP contribution is 2.55. The summed E-state index contributed by atoms with van der Waals surface area (Å²) in [5.74, 6) is -0.644. The molecular weight excluding hydrogens is 602 g/mol. The van der Waals surface area contributed by atoms with Crippen molar-refractivity contribution in [1.82, 2.24) is 4.90 Å². The average Bonchev–Trinajstić information content (AvgIpc) is 2.74. The number of carbonyl (C=O) groups is 3. The first kappa shape index (κ1) is 28.1. The molecule has 0 amide bonds. The van der Waals surface area contributed by atoms with Crippen LogP contribution in [-0.2, 0) is 14.4 Å². The molecule has 1 aromatic carbocycles. The first-order chi connectivity index (χ1) is 17.2. The van der Waals surface area contributed by atoms with Crippen molar-refractivity contribution in [2.75, 3.05) is 13.2 Å². The molecule has 0 spiro atoms. The number of allylic oxidation sites excluding steroid dienone is 4. The third-order valence-corrected chi connectivity index (χ3v) is 8.55. The molecule has 0 radical (unpaired) electrons. The minimum Gasteiger partial charge on any atom is -0.491 e. The molecule has 0 atom stereocenters. The molecule has 1 aliphatic heterocycles. The Morgan fingerprint density at radius 1 is 0.973 bits per heavy atom. The fourth-order valence-corrected chi connectivity index (χ4v) is 7.40. The lowest BCUT2D eigenvalue weighted by Crippen LogP contribution is -2.45. The number of hydrogen-bond acceptors (Lipinski definition) is 5. The van der Waals surface area contributed by atoms with Gasteiger partial charge in [0.2, 0.25) is 0 Å².